The lowest BCUT2D eigenvalue weighted by molar-refractivity contribution is 0.530. The largest absolute Gasteiger partial charge is 0.291 e. The Morgan fingerprint density at radius 1 is 1.14 bits per heavy atom. The molecule has 0 spiro atoms. The van der Waals surface area contributed by atoms with Crippen LogP contribution in [0.5, 0.6) is 0 Å². The first kappa shape index (κ1) is 13.4. The van der Waals surface area contributed by atoms with Gasteiger partial charge in [-0.2, -0.15) is 0 Å². The Hall–Kier alpha value is -2.56. The van der Waals surface area contributed by atoms with Gasteiger partial charge in [0.15, 0.2) is 0 Å². The Morgan fingerprint density at radius 2 is 1.90 bits per heavy atom. The lowest BCUT2D eigenvalue weighted by Crippen LogP contribution is -2.25. The van der Waals surface area contributed by atoms with E-state index in [1.807, 2.05) is 0 Å². The average Bonchev–Trinajstić information content (AvgIpc) is 2.47. The highest BCUT2D eigenvalue weighted by Gasteiger charge is 2.16. The molecule has 3 rings (SSSR count). The molecule has 1 heterocycles. The summed E-state index contributed by atoms with van der Waals surface area (Å²) in [7, 11) is 0. The van der Waals surface area contributed by atoms with E-state index in [1.165, 1.54) is 23.0 Å². The molecule has 1 aromatic heterocycles. The summed E-state index contributed by atoms with van der Waals surface area (Å²) in [6, 6.07) is 9.71. The molecule has 0 saturated carbocycles. The zero-order valence-electron chi connectivity index (χ0n) is 11.3. The summed E-state index contributed by atoms with van der Waals surface area (Å²) in [5.41, 5.74) is 0.581. The van der Waals surface area contributed by atoms with Crippen molar-refractivity contribution in [2.45, 2.75) is 13.0 Å². The molecule has 0 bridgehead atoms. The standard InChI is InChI=1S/C16H12F2N2O/c1-10(12-7-6-11(17)8-14(12)18)20-9-19-15-5-3-2-4-13(15)16(20)21/h2-10H,1H3. The van der Waals surface area contributed by atoms with Crippen LogP contribution in [-0.4, -0.2) is 9.55 Å². The minimum absolute atomic E-state index is 0.246. The van der Waals surface area contributed by atoms with Gasteiger partial charge in [0.1, 0.15) is 11.6 Å². The number of halogens is 2. The van der Waals surface area contributed by atoms with E-state index in [0.717, 1.165) is 6.07 Å². The SMILES string of the molecule is CC(c1ccc(F)cc1F)n1cnc2ccccc2c1=O. The number of nitrogens with zero attached hydrogens (tertiary/aromatic N) is 2. The lowest BCUT2D eigenvalue weighted by atomic mass is 10.1. The van der Waals surface area contributed by atoms with Crippen molar-refractivity contribution in [2.24, 2.45) is 0 Å². The van der Waals surface area contributed by atoms with Crippen LogP contribution in [0.15, 0.2) is 53.6 Å². The highest BCUT2D eigenvalue weighted by molar-refractivity contribution is 5.76. The van der Waals surface area contributed by atoms with Gasteiger partial charge < -0.3 is 0 Å². The Kier molecular flexibility index (Phi) is 3.25. The van der Waals surface area contributed by atoms with Gasteiger partial charge >= 0.3 is 0 Å². The van der Waals surface area contributed by atoms with Crippen LogP contribution >= 0.6 is 0 Å². The molecule has 0 amide bonds. The molecule has 1 atom stereocenters. The number of hydrogen-bond acceptors (Lipinski definition) is 2. The van der Waals surface area contributed by atoms with Gasteiger partial charge in [0.2, 0.25) is 0 Å². The molecule has 5 heteroatoms. The molecule has 0 fully saturated rings. The maximum atomic E-state index is 13.9. The molecule has 106 valence electrons. The zero-order valence-corrected chi connectivity index (χ0v) is 11.3. The normalized spacial score (nSPS) is 12.5. The molecule has 0 radical (unpaired) electrons. The van der Waals surface area contributed by atoms with E-state index < -0.39 is 17.7 Å². The van der Waals surface area contributed by atoms with Crippen molar-refractivity contribution >= 4 is 10.9 Å². The Balaban J connectivity index is 2.16. The molecule has 3 nitrogen and oxygen atoms in total. The predicted molar refractivity (Wildman–Crippen MR) is 76.2 cm³/mol. The average molecular weight is 286 g/mol. The molecule has 0 saturated heterocycles. The van der Waals surface area contributed by atoms with E-state index in [0.29, 0.717) is 10.9 Å². The third-order valence-corrected chi connectivity index (χ3v) is 3.52. The monoisotopic (exact) mass is 286 g/mol. The Bertz CT molecular complexity index is 874. The van der Waals surface area contributed by atoms with Crippen molar-refractivity contribution < 1.29 is 8.78 Å². The first-order valence-corrected chi connectivity index (χ1v) is 6.49. The summed E-state index contributed by atoms with van der Waals surface area (Å²) < 4.78 is 28.2. The second kappa shape index (κ2) is 5.09. The summed E-state index contributed by atoms with van der Waals surface area (Å²) in [4.78, 5) is 16.7. The fourth-order valence-corrected chi connectivity index (χ4v) is 2.35. The third kappa shape index (κ3) is 2.31. The number of aromatic nitrogens is 2. The van der Waals surface area contributed by atoms with Crippen LogP contribution in [0.25, 0.3) is 10.9 Å². The molecule has 2 aromatic carbocycles. The van der Waals surface area contributed by atoms with Crippen molar-refractivity contribution in [3.63, 3.8) is 0 Å². The van der Waals surface area contributed by atoms with Crippen LogP contribution in [-0.2, 0) is 0 Å². The van der Waals surface area contributed by atoms with Gasteiger partial charge in [0.25, 0.3) is 5.56 Å². The van der Waals surface area contributed by atoms with Crippen LogP contribution in [0, 0.1) is 11.6 Å². The number of hydrogen-bond donors (Lipinski definition) is 0. The second-order valence-corrected chi connectivity index (χ2v) is 4.82. The fourth-order valence-electron chi connectivity index (χ4n) is 2.35. The van der Waals surface area contributed by atoms with Gasteiger partial charge in [0.05, 0.1) is 23.3 Å². The molecular formula is C16H12F2N2O. The van der Waals surface area contributed by atoms with Gasteiger partial charge in [-0.1, -0.05) is 18.2 Å². The van der Waals surface area contributed by atoms with Gasteiger partial charge in [-0.3, -0.25) is 9.36 Å². The molecule has 0 N–H and O–H groups in total. The number of fused-ring (bicyclic) bond motifs is 1. The van der Waals surface area contributed by atoms with Gasteiger partial charge in [0, 0.05) is 11.6 Å². The van der Waals surface area contributed by atoms with Crippen LogP contribution in [0.3, 0.4) is 0 Å². The zero-order chi connectivity index (χ0) is 15.0. The van der Waals surface area contributed by atoms with E-state index in [9.17, 15) is 13.6 Å². The Morgan fingerprint density at radius 3 is 2.67 bits per heavy atom. The van der Waals surface area contributed by atoms with Crippen molar-refractivity contribution in [1.82, 2.24) is 9.55 Å². The van der Waals surface area contributed by atoms with Crippen molar-refractivity contribution in [2.75, 3.05) is 0 Å². The maximum absolute atomic E-state index is 13.9. The van der Waals surface area contributed by atoms with Crippen molar-refractivity contribution in [1.29, 1.82) is 0 Å². The fraction of sp³-hybridized carbons (Fsp3) is 0.125. The van der Waals surface area contributed by atoms with Crippen LogP contribution in [0.2, 0.25) is 0 Å². The first-order chi connectivity index (χ1) is 10.1. The van der Waals surface area contributed by atoms with Crippen LogP contribution < -0.4 is 5.56 Å². The topological polar surface area (TPSA) is 34.9 Å². The lowest BCUT2D eigenvalue weighted by Gasteiger charge is -2.16. The number of rotatable bonds is 2. The smallest absolute Gasteiger partial charge is 0.261 e. The van der Waals surface area contributed by atoms with E-state index in [1.54, 1.807) is 31.2 Å². The summed E-state index contributed by atoms with van der Waals surface area (Å²) in [6.45, 7) is 1.67. The van der Waals surface area contributed by atoms with Crippen LogP contribution in [0.4, 0.5) is 8.78 Å². The molecule has 0 aliphatic heterocycles. The molecule has 21 heavy (non-hydrogen) atoms. The summed E-state index contributed by atoms with van der Waals surface area (Å²) >= 11 is 0. The summed E-state index contributed by atoms with van der Waals surface area (Å²) in [6.07, 6.45) is 1.39. The third-order valence-electron chi connectivity index (χ3n) is 3.52. The first-order valence-electron chi connectivity index (χ1n) is 6.49. The number of para-hydroxylation sites is 1. The van der Waals surface area contributed by atoms with Crippen molar-refractivity contribution in [3.8, 4) is 0 Å². The highest BCUT2D eigenvalue weighted by Crippen LogP contribution is 2.21. The molecule has 1 unspecified atom stereocenters. The summed E-state index contributed by atoms with van der Waals surface area (Å²) in [5.74, 6) is -1.32. The minimum atomic E-state index is -0.678. The van der Waals surface area contributed by atoms with E-state index in [-0.39, 0.29) is 11.1 Å². The van der Waals surface area contributed by atoms with Gasteiger partial charge in [-0.25, -0.2) is 13.8 Å². The molecule has 0 aliphatic carbocycles. The minimum Gasteiger partial charge on any atom is -0.291 e. The van der Waals surface area contributed by atoms with E-state index in [2.05, 4.69) is 4.98 Å². The highest BCUT2D eigenvalue weighted by atomic mass is 19.1. The van der Waals surface area contributed by atoms with E-state index >= 15 is 0 Å². The van der Waals surface area contributed by atoms with Gasteiger partial charge in [-0.15, -0.1) is 0 Å². The second-order valence-electron chi connectivity index (χ2n) is 4.82. The van der Waals surface area contributed by atoms with Crippen molar-refractivity contribution in [3.05, 3.63) is 76.3 Å². The van der Waals surface area contributed by atoms with Crippen LogP contribution in [0.1, 0.15) is 18.5 Å². The number of benzene rings is 2. The quantitative estimate of drug-likeness (QED) is 0.724. The predicted octanol–water partition coefficient (Wildman–Crippen LogP) is 3.28. The molecular weight excluding hydrogens is 274 g/mol. The Labute approximate surface area is 119 Å². The molecule has 0 aliphatic rings. The van der Waals surface area contributed by atoms with Gasteiger partial charge in [-0.05, 0) is 25.1 Å². The van der Waals surface area contributed by atoms with E-state index in [4.69, 9.17) is 0 Å². The molecule has 3 aromatic rings. The maximum Gasteiger partial charge on any atom is 0.261 e. The summed E-state index contributed by atoms with van der Waals surface area (Å²) in [5, 5.41) is 0.467.